The van der Waals surface area contributed by atoms with Crippen LogP contribution < -0.4 is 0 Å². The molecule has 0 spiro atoms. The predicted octanol–water partition coefficient (Wildman–Crippen LogP) is 4.92. The van der Waals surface area contributed by atoms with Crippen LogP contribution in [0.2, 0.25) is 0 Å². The second-order valence-corrected chi connectivity index (χ2v) is 6.55. The van der Waals surface area contributed by atoms with Crippen LogP contribution in [0, 0.1) is 0 Å². The highest BCUT2D eigenvalue weighted by molar-refractivity contribution is 7.10. The number of hydrogen-bond donors (Lipinski definition) is 0. The van der Waals surface area contributed by atoms with Crippen molar-refractivity contribution >= 4 is 17.2 Å². The van der Waals surface area contributed by atoms with E-state index < -0.39 is 11.7 Å². The van der Waals surface area contributed by atoms with E-state index in [-0.39, 0.29) is 17.5 Å². The molecule has 1 aromatic heterocycles. The van der Waals surface area contributed by atoms with E-state index in [9.17, 15) is 18.0 Å². The molecule has 0 N–H and O–H groups in total. The fraction of sp³-hybridized carbons (Fsp3) is 0.353. The first kappa shape index (κ1) is 16.1. The molecular formula is C17H16F3NOS. The van der Waals surface area contributed by atoms with E-state index in [0.29, 0.717) is 6.54 Å². The van der Waals surface area contributed by atoms with Gasteiger partial charge in [-0.05, 0) is 48.1 Å². The summed E-state index contributed by atoms with van der Waals surface area (Å²) in [5, 5.41) is 2.01. The molecule has 1 aromatic carbocycles. The van der Waals surface area contributed by atoms with Crippen molar-refractivity contribution in [3.63, 3.8) is 0 Å². The van der Waals surface area contributed by atoms with Crippen molar-refractivity contribution in [1.29, 1.82) is 0 Å². The van der Waals surface area contributed by atoms with Crippen LogP contribution >= 0.6 is 11.3 Å². The van der Waals surface area contributed by atoms with Gasteiger partial charge in [-0.3, -0.25) is 4.79 Å². The lowest BCUT2D eigenvalue weighted by atomic mass is 9.96. The first-order chi connectivity index (χ1) is 10.9. The number of benzene rings is 1. The van der Waals surface area contributed by atoms with Crippen molar-refractivity contribution in [2.75, 3.05) is 6.54 Å². The van der Waals surface area contributed by atoms with Crippen molar-refractivity contribution < 1.29 is 18.0 Å². The van der Waals surface area contributed by atoms with Gasteiger partial charge in [0.1, 0.15) is 0 Å². The first-order valence-corrected chi connectivity index (χ1v) is 8.34. The molecule has 1 unspecified atom stereocenters. The summed E-state index contributed by atoms with van der Waals surface area (Å²) < 4.78 is 38.5. The fourth-order valence-electron chi connectivity index (χ4n) is 3.07. The Balaban J connectivity index is 1.92. The van der Waals surface area contributed by atoms with Crippen molar-refractivity contribution in [2.45, 2.75) is 32.0 Å². The summed E-state index contributed by atoms with van der Waals surface area (Å²) >= 11 is 1.67. The molecule has 1 aliphatic heterocycles. The molecule has 1 aliphatic rings. The third-order valence-corrected chi connectivity index (χ3v) is 5.18. The Morgan fingerprint density at radius 2 is 2.13 bits per heavy atom. The molecular weight excluding hydrogens is 323 g/mol. The molecule has 0 aliphatic carbocycles. The van der Waals surface area contributed by atoms with Gasteiger partial charge in [0.2, 0.25) is 0 Å². The molecule has 0 fully saturated rings. The lowest BCUT2D eigenvalue weighted by Gasteiger charge is -2.35. The van der Waals surface area contributed by atoms with Gasteiger partial charge in [-0.25, -0.2) is 0 Å². The normalized spacial score (nSPS) is 17.9. The molecule has 0 bridgehead atoms. The van der Waals surface area contributed by atoms with Gasteiger partial charge in [0.25, 0.3) is 5.91 Å². The number of nitrogens with zero attached hydrogens (tertiary/aromatic N) is 1. The maximum absolute atomic E-state index is 12.8. The average Bonchev–Trinajstić information content (AvgIpc) is 3.01. The van der Waals surface area contributed by atoms with Gasteiger partial charge in [0, 0.05) is 17.0 Å². The molecule has 2 heterocycles. The molecule has 0 saturated carbocycles. The van der Waals surface area contributed by atoms with Gasteiger partial charge in [-0.15, -0.1) is 11.3 Å². The summed E-state index contributed by atoms with van der Waals surface area (Å²) in [6.45, 7) is 2.53. The topological polar surface area (TPSA) is 20.3 Å². The Labute approximate surface area is 136 Å². The third-order valence-electron chi connectivity index (χ3n) is 4.18. The van der Waals surface area contributed by atoms with E-state index in [2.05, 4.69) is 0 Å². The van der Waals surface area contributed by atoms with Crippen molar-refractivity contribution in [3.8, 4) is 0 Å². The van der Waals surface area contributed by atoms with Crippen LogP contribution in [0.25, 0.3) is 0 Å². The smallest absolute Gasteiger partial charge is 0.331 e. The quantitative estimate of drug-likeness (QED) is 0.761. The number of rotatable bonds is 2. The first-order valence-electron chi connectivity index (χ1n) is 7.46. The standard InChI is InChI=1S/C17H16F3NOS/c1-2-14-13-7-9-23-15(13)6-8-21(14)16(22)11-4-3-5-12(10-11)17(18,19)20/h3-5,7,9-10,14H,2,6,8H2,1H3. The Kier molecular flexibility index (Phi) is 4.19. The van der Waals surface area contributed by atoms with E-state index in [1.807, 2.05) is 18.4 Å². The van der Waals surface area contributed by atoms with Gasteiger partial charge >= 0.3 is 6.18 Å². The molecule has 1 atom stereocenters. The lowest BCUT2D eigenvalue weighted by molar-refractivity contribution is -0.137. The van der Waals surface area contributed by atoms with Crippen LogP contribution in [0.4, 0.5) is 13.2 Å². The number of fused-ring (bicyclic) bond motifs is 1. The molecule has 3 rings (SSSR count). The third kappa shape index (κ3) is 3.00. The summed E-state index contributed by atoms with van der Waals surface area (Å²) in [6.07, 6.45) is -2.94. The van der Waals surface area contributed by atoms with Gasteiger partial charge in [-0.2, -0.15) is 13.2 Å². The van der Waals surface area contributed by atoms with Crippen LogP contribution in [0.5, 0.6) is 0 Å². The minimum absolute atomic E-state index is 0.0629. The van der Waals surface area contributed by atoms with Crippen molar-refractivity contribution in [2.24, 2.45) is 0 Å². The largest absolute Gasteiger partial charge is 0.416 e. The predicted molar refractivity (Wildman–Crippen MR) is 83.5 cm³/mol. The van der Waals surface area contributed by atoms with Gasteiger partial charge < -0.3 is 4.90 Å². The number of halogens is 3. The number of hydrogen-bond acceptors (Lipinski definition) is 2. The summed E-state index contributed by atoms with van der Waals surface area (Å²) in [7, 11) is 0. The van der Waals surface area contributed by atoms with Crippen LogP contribution in [0.3, 0.4) is 0 Å². The van der Waals surface area contributed by atoms with Crippen LogP contribution in [-0.2, 0) is 12.6 Å². The Bertz CT molecular complexity index is 723. The zero-order chi connectivity index (χ0) is 16.6. The highest BCUT2D eigenvalue weighted by atomic mass is 32.1. The van der Waals surface area contributed by atoms with E-state index >= 15 is 0 Å². The Morgan fingerprint density at radius 1 is 1.35 bits per heavy atom. The summed E-state index contributed by atoms with van der Waals surface area (Å²) in [5.74, 6) is -0.334. The highest BCUT2D eigenvalue weighted by Gasteiger charge is 2.34. The highest BCUT2D eigenvalue weighted by Crippen LogP contribution is 2.36. The Morgan fingerprint density at radius 3 is 2.83 bits per heavy atom. The maximum atomic E-state index is 12.8. The number of thiophene rings is 1. The van der Waals surface area contributed by atoms with E-state index in [4.69, 9.17) is 0 Å². The number of amides is 1. The minimum Gasteiger partial charge on any atom is -0.331 e. The summed E-state index contributed by atoms with van der Waals surface area (Å²) in [6, 6.07) is 6.62. The lowest BCUT2D eigenvalue weighted by Crippen LogP contribution is -2.39. The molecule has 0 radical (unpaired) electrons. The van der Waals surface area contributed by atoms with Crippen molar-refractivity contribution in [3.05, 3.63) is 57.3 Å². The molecule has 23 heavy (non-hydrogen) atoms. The number of carbonyl (C=O) groups is 1. The van der Waals surface area contributed by atoms with Crippen LogP contribution in [-0.4, -0.2) is 17.4 Å². The molecule has 6 heteroatoms. The molecule has 0 saturated heterocycles. The second-order valence-electron chi connectivity index (χ2n) is 5.55. The van der Waals surface area contributed by atoms with Crippen molar-refractivity contribution in [1.82, 2.24) is 4.90 Å². The van der Waals surface area contributed by atoms with E-state index in [1.165, 1.54) is 17.0 Å². The van der Waals surface area contributed by atoms with Gasteiger partial charge in [-0.1, -0.05) is 13.0 Å². The van der Waals surface area contributed by atoms with E-state index in [0.717, 1.165) is 30.5 Å². The zero-order valence-corrected chi connectivity index (χ0v) is 13.4. The minimum atomic E-state index is -4.44. The fourth-order valence-corrected chi connectivity index (χ4v) is 4.00. The summed E-state index contributed by atoms with van der Waals surface area (Å²) in [5.41, 5.74) is 0.436. The van der Waals surface area contributed by atoms with E-state index in [1.54, 1.807) is 16.2 Å². The monoisotopic (exact) mass is 339 g/mol. The van der Waals surface area contributed by atoms with Crippen LogP contribution in [0.15, 0.2) is 35.7 Å². The maximum Gasteiger partial charge on any atom is 0.416 e. The van der Waals surface area contributed by atoms with Gasteiger partial charge in [0.05, 0.1) is 11.6 Å². The second kappa shape index (κ2) is 6.00. The SMILES string of the molecule is CCC1c2ccsc2CCN1C(=O)c1cccc(C(F)(F)F)c1. The molecule has 1 amide bonds. The molecule has 2 aromatic rings. The van der Waals surface area contributed by atoms with Crippen LogP contribution in [0.1, 0.15) is 45.7 Å². The molecule has 122 valence electrons. The average molecular weight is 339 g/mol. The number of alkyl halides is 3. The Hall–Kier alpha value is -1.82. The summed E-state index contributed by atoms with van der Waals surface area (Å²) in [4.78, 5) is 15.7. The molecule has 2 nitrogen and oxygen atoms in total. The van der Waals surface area contributed by atoms with Gasteiger partial charge in [0.15, 0.2) is 0 Å². The number of carbonyl (C=O) groups excluding carboxylic acids is 1. The zero-order valence-electron chi connectivity index (χ0n) is 12.6.